The first-order valence-corrected chi connectivity index (χ1v) is 9.84. The zero-order valence-corrected chi connectivity index (χ0v) is 17.0. The van der Waals surface area contributed by atoms with Gasteiger partial charge in [-0.2, -0.15) is 4.99 Å². The van der Waals surface area contributed by atoms with Crippen LogP contribution in [0.3, 0.4) is 0 Å². The molecular weight excluding hydrogens is 400 g/mol. The maximum Gasteiger partial charge on any atom is 0.326 e. The van der Waals surface area contributed by atoms with Crippen LogP contribution in [-0.4, -0.2) is 30.2 Å². The zero-order chi connectivity index (χ0) is 20.1. The summed E-state index contributed by atoms with van der Waals surface area (Å²) in [6.45, 7) is 2.02. The molecule has 0 saturated carbocycles. The van der Waals surface area contributed by atoms with Crippen LogP contribution in [-0.2, 0) is 27.3 Å². The van der Waals surface area contributed by atoms with Crippen LogP contribution in [0.4, 0.5) is 0 Å². The van der Waals surface area contributed by atoms with Crippen LogP contribution in [0.15, 0.2) is 47.5 Å². The van der Waals surface area contributed by atoms with Crippen molar-refractivity contribution in [1.29, 1.82) is 0 Å². The lowest BCUT2D eigenvalue weighted by Crippen LogP contribution is -2.23. The fourth-order valence-electron chi connectivity index (χ4n) is 2.68. The van der Waals surface area contributed by atoms with E-state index in [9.17, 15) is 9.59 Å². The third kappa shape index (κ3) is 4.79. The smallest absolute Gasteiger partial charge is 0.326 e. The van der Waals surface area contributed by atoms with Gasteiger partial charge in [0.25, 0.3) is 5.91 Å². The summed E-state index contributed by atoms with van der Waals surface area (Å²) in [5.74, 6) is -0.000791. The third-order valence-corrected chi connectivity index (χ3v) is 5.26. The van der Waals surface area contributed by atoms with Gasteiger partial charge in [-0.15, -0.1) is 0 Å². The highest BCUT2D eigenvalue weighted by molar-refractivity contribution is 7.16. The van der Waals surface area contributed by atoms with Crippen LogP contribution in [0.2, 0.25) is 5.02 Å². The fourth-order valence-corrected chi connectivity index (χ4v) is 3.88. The number of aromatic nitrogens is 1. The van der Waals surface area contributed by atoms with E-state index >= 15 is 0 Å². The lowest BCUT2D eigenvalue weighted by Gasteiger charge is -2.05. The molecule has 0 atom stereocenters. The van der Waals surface area contributed by atoms with Crippen molar-refractivity contribution in [1.82, 2.24) is 4.57 Å². The van der Waals surface area contributed by atoms with E-state index in [-0.39, 0.29) is 31.4 Å². The van der Waals surface area contributed by atoms with E-state index in [0.29, 0.717) is 15.6 Å². The Labute approximate surface area is 171 Å². The highest BCUT2D eigenvalue weighted by Gasteiger charge is 2.13. The van der Waals surface area contributed by atoms with Crippen LogP contribution in [0.1, 0.15) is 12.5 Å². The van der Waals surface area contributed by atoms with Gasteiger partial charge in [-0.25, -0.2) is 0 Å². The molecule has 28 heavy (non-hydrogen) atoms. The molecule has 1 amide bonds. The molecular formula is C20H19ClN2O4S. The van der Waals surface area contributed by atoms with E-state index in [4.69, 9.17) is 21.1 Å². The number of nitrogens with zero attached hydrogens (tertiary/aromatic N) is 2. The molecule has 0 radical (unpaired) electrons. The van der Waals surface area contributed by atoms with Crippen LogP contribution < -0.4 is 9.54 Å². The Kier molecular flexibility index (Phi) is 6.49. The molecule has 6 nitrogen and oxygen atoms in total. The average Bonchev–Trinajstić information content (AvgIpc) is 2.99. The number of rotatable bonds is 6. The topological polar surface area (TPSA) is 69.9 Å². The van der Waals surface area contributed by atoms with Crippen LogP contribution >= 0.6 is 22.9 Å². The number of fused-ring (bicyclic) bond motifs is 1. The summed E-state index contributed by atoms with van der Waals surface area (Å²) in [5.41, 5.74) is 1.61. The van der Waals surface area contributed by atoms with E-state index in [2.05, 4.69) is 4.99 Å². The Morgan fingerprint density at radius 1 is 1.18 bits per heavy atom. The van der Waals surface area contributed by atoms with E-state index < -0.39 is 0 Å². The summed E-state index contributed by atoms with van der Waals surface area (Å²) >= 11 is 7.20. The van der Waals surface area contributed by atoms with Gasteiger partial charge in [0, 0.05) is 5.02 Å². The normalized spacial score (nSPS) is 11.6. The summed E-state index contributed by atoms with van der Waals surface area (Å²) in [5, 5.41) is 0.610. The van der Waals surface area contributed by atoms with Gasteiger partial charge in [-0.05, 0) is 42.8 Å². The summed E-state index contributed by atoms with van der Waals surface area (Å²) < 4.78 is 12.9. The predicted molar refractivity (Wildman–Crippen MR) is 109 cm³/mol. The molecule has 0 aliphatic heterocycles. The summed E-state index contributed by atoms with van der Waals surface area (Å²) in [7, 11) is 1.59. The summed E-state index contributed by atoms with van der Waals surface area (Å²) in [4.78, 5) is 29.2. The standard InChI is InChI=1S/C20H19ClN2O4S/c1-3-27-19(25)12-23-16-9-8-15(26-2)11-17(16)28-20(23)22-18(24)10-13-4-6-14(21)7-5-13/h4-9,11H,3,10,12H2,1-2H3. The minimum absolute atomic E-state index is 0.0206. The van der Waals surface area contributed by atoms with Gasteiger partial charge in [-0.3, -0.25) is 9.59 Å². The molecule has 0 aliphatic carbocycles. The summed E-state index contributed by atoms with van der Waals surface area (Å²) in [6.07, 6.45) is 0.147. The Morgan fingerprint density at radius 3 is 2.61 bits per heavy atom. The minimum atomic E-state index is -0.385. The second-order valence-electron chi connectivity index (χ2n) is 5.92. The number of carbonyl (C=O) groups is 2. The van der Waals surface area contributed by atoms with Gasteiger partial charge < -0.3 is 14.0 Å². The average molecular weight is 419 g/mol. The lowest BCUT2D eigenvalue weighted by molar-refractivity contribution is -0.143. The molecule has 0 saturated heterocycles. The van der Waals surface area contributed by atoms with E-state index in [1.165, 1.54) is 11.3 Å². The van der Waals surface area contributed by atoms with Crippen LogP contribution in [0.25, 0.3) is 10.2 Å². The van der Waals surface area contributed by atoms with Crippen molar-refractivity contribution in [3.05, 3.63) is 57.9 Å². The number of carbonyl (C=O) groups excluding carboxylic acids is 2. The first-order valence-electron chi connectivity index (χ1n) is 8.65. The Morgan fingerprint density at radius 2 is 1.93 bits per heavy atom. The molecule has 0 fully saturated rings. The quantitative estimate of drug-likeness (QED) is 0.573. The zero-order valence-electron chi connectivity index (χ0n) is 15.5. The van der Waals surface area contributed by atoms with Crippen molar-refractivity contribution >= 4 is 45.0 Å². The monoisotopic (exact) mass is 418 g/mol. The molecule has 0 aliphatic rings. The maximum atomic E-state index is 12.5. The fraction of sp³-hybridized carbons (Fsp3) is 0.250. The molecule has 3 aromatic rings. The number of thiazole rings is 1. The predicted octanol–water partition coefficient (Wildman–Crippen LogP) is 3.60. The van der Waals surface area contributed by atoms with E-state index in [1.807, 2.05) is 12.1 Å². The molecule has 0 spiro atoms. The van der Waals surface area contributed by atoms with E-state index in [0.717, 1.165) is 15.8 Å². The van der Waals surface area contributed by atoms with Crippen LogP contribution in [0.5, 0.6) is 5.75 Å². The van der Waals surface area contributed by atoms with Gasteiger partial charge in [0.05, 0.1) is 30.4 Å². The molecule has 1 aromatic heterocycles. The molecule has 3 rings (SSSR count). The largest absolute Gasteiger partial charge is 0.497 e. The Balaban J connectivity index is 1.99. The number of amides is 1. The SMILES string of the molecule is CCOC(=O)Cn1c(=NC(=O)Cc2ccc(Cl)cc2)sc2cc(OC)ccc21. The Hall–Kier alpha value is -2.64. The van der Waals surface area contributed by atoms with Gasteiger partial charge in [0.2, 0.25) is 0 Å². The molecule has 0 N–H and O–H groups in total. The second-order valence-corrected chi connectivity index (χ2v) is 7.36. The number of halogens is 1. The van der Waals surface area contributed by atoms with Crippen molar-refractivity contribution in [2.24, 2.45) is 4.99 Å². The van der Waals surface area contributed by atoms with Gasteiger partial charge >= 0.3 is 5.97 Å². The summed E-state index contributed by atoms with van der Waals surface area (Å²) in [6, 6.07) is 12.5. The van der Waals surface area contributed by atoms with Gasteiger partial charge in [0.15, 0.2) is 4.80 Å². The first-order chi connectivity index (χ1) is 13.5. The number of benzene rings is 2. The second kappa shape index (κ2) is 9.03. The van der Waals surface area contributed by atoms with E-state index in [1.54, 1.807) is 48.9 Å². The van der Waals surface area contributed by atoms with Crippen molar-refractivity contribution in [2.75, 3.05) is 13.7 Å². The van der Waals surface area contributed by atoms with Crippen molar-refractivity contribution < 1.29 is 19.1 Å². The minimum Gasteiger partial charge on any atom is -0.497 e. The molecule has 146 valence electrons. The lowest BCUT2D eigenvalue weighted by atomic mass is 10.1. The number of hydrogen-bond donors (Lipinski definition) is 0. The number of ether oxygens (including phenoxy) is 2. The van der Waals surface area contributed by atoms with Crippen molar-refractivity contribution in [2.45, 2.75) is 19.9 Å². The molecule has 2 aromatic carbocycles. The third-order valence-electron chi connectivity index (χ3n) is 3.97. The number of hydrogen-bond acceptors (Lipinski definition) is 5. The molecule has 0 bridgehead atoms. The highest BCUT2D eigenvalue weighted by atomic mass is 35.5. The first kappa shape index (κ1) is 20.1. The molecule has 1 heterocycles. The van der Waals surface area contributed by atoms with Crippen LogP contribution in [0, 0.1) is 0 Å². The molecule has 0 unspecified atom stereocenters. The maximum absolute atomic E-state index is 12.5. The van der Waals surface area contributed by atoms with Crippen molar-refractivity contribution in [3.8, 4) is 5.75 Å². The number of esters is 1. The van der Waals surface area contributed by atoms with Gasteiger partial charge in [-0.1, -0.05) is 35.1 Å². The van der Waals surface area contributed by atoms with Crippen molar-refractivity contribution in [3.63, 3.8) is 0 Å². The number of methoxy groups -OCH3 is 1. The highest BCUT2D eigenvalue weighted by Crippen LogP contribution is 2.23. The molecule has 8 heteroatoms. The van der Waals surface area contributed by atoms with Gasteiger partial charge in [0.1, 0.15) is 12.3 Å². The Bertz CT molecular complexity index is 1070.